The Kier molecular flexibility index (Phi) is 7.96. The van der Waals surface area contributed by atoms with Crippen LogP contribution < -0.4 is 9.80 Å². The van der Waals surface area contributed by atoms with E-state index < -0.39 is 17.0 Å². The van der Waals surface area contributed by atoms with E-state index in [2.05, 4.69) is 33.4 Å². The predicted octanol–water partition coefficient (Wildman–Crippen LogP) is 6.13. The van der Waals surface area contributed by atoms with Crippen molar-refractivity contribution in [1.29, 1.82) is 0 Å². The Hall–Kier alpha value is -4.19. The highest BCUT2D eigenvalue weighted by Gasteiger charge is 2.58. The zero-order valence-electron chi connectivity index (χ0n) is 26.5. The second-order valence-corrected chi connectivity index (χ2v) is 13.7. The van der Waals surface area contributed by atoms with Gasteiger partial charge in [0.2, 0.25) is 5.91 Å². The Morgan fingerprint density at radius 1 is 1.04 bits per heavy atom. The Labute approximate surface area is 266 Å². The minimum atomic E-state index is -1.06. The van der Waals surface area contributed by atoms with Gasteiger partial charge in [0.05, 0.1) is 17.1 Å². The number of fused-ring (bicyclic) bond motifs is 1. The van der Waals surface area contributed by atoms with E-state index in [1.165, 1.54) is 28.4 Å². The summed E-state index contributed by atoms with van der Waals surface area (Å²) >= 11 is 1.52. The number of thiazole rings is 1. The van der Waals surface area contributed by atoms with Crippen molar-refractivity contribution in [2.75, 3.05) is 49.6 Å². The second-order valence-electron chi connectivity index (χ2n) is 12.9. The van der Waals surface area contributed by atoms with Crippen molar-refractivity contribution < 1.29 is 19.1 Å². The number of benzene rings is 1. The number of aromatic nitrogens is 3. The van der Waals surface area contributed by atoms with Gasteiger partial charge in [-0.25, -0.2) is 19.2 Å². The Morgan fingerprint density at radius 2 is 1.76 bits per heavy atom. The fourth-order valence-electron chi connectivity index (χ4n) is 6.94. The summed E-state index contributed by atoms with van der Waals surface area (Å²) in [5.41, 5.74) is 2.88. The van der Waals surface area contributed by atoms with E-state index in [1.807, 2.05) is 44.2 Å². The number of imidazole rings is 1. The molecule has 5 heterocycles. The smallest absolute Gasteiger partial charge is 0.408 e. The quantitative estimate of drug-likeness (QED) is 0.273. The number of halogens is 1. The van der Waals surface area contributed by atoms with Crippen LogP contribution in [0.5, 0.6) is 0 Å². The first-order chi connectivity index (χ1) is 21.4. The highest BCUT2D eigenvalue weighted by molar-refractivity contribution is 7.14. The van der Waals surface area contributed by atoms with E-state index in [9.17, 15) is 19.1 Å². The molecule has 1 unspecified atom stereocenters. The monoisotopic (exact) mass is 633 g/mol. The highest BCUT2D eigenvalue weighted by Crippen LogP contribution is 2.45. The average Bonchev–Trinajstić information content (AvgIpc) is 3.78. The molecule has 3 aromatic heterocycles. The normalized spacial score (nSPS) is 19.0. The molecule has 10 nitrogen and oxygen atoms in total. The molecule has 0 radical (unpaired) electrons. The van der Waals surface area contributed by atoms with E-state index in [-0.39, 0.29) is 11.7 Å². The lowest BCUT2D eigenvalue weighted by Gasteiger charge is -2.49. The van der Waals surface area contributed by atoms with Crippen LogP contribution in [0.15, 0.2) is 48.0 Å². The number of carbonyl (C=O) groups is 2. The predicted molar refractivity (Wildman–Crippen MR) is 175 cm³/mol. The Bertz CT molecular complexity index is 1720. The van der Waals surface area contributed by atoms with E-state index in [4.69, 9.17) is 9.97 Å². The molecule has 12 heteroatoms. The molecule has 238 valence electrons. The summed E-state index contributed by atoms with van der Waals surface area (Å²) in [5.74, 6) is 0.575. The summed E-state index contributed by atoms with van der Waals surface area (Å²) in [6, 6.07) is 10.4. The average molecular weight is 634 g/mol. The number of aryl methyl sites for hydroxylation is 1. The van der Waals surface area contributed by atoms with Crippen molar-refractivity contribution in [3.63, 3.8) is 0 Å². The fraction of sp³-hybridized carbons (Fsp3) is 0.455. The number of pyridine rings is 1. The summed E-state index contributed by atoms with van der Waals surface area (Å²) in [6.45, 7) is 10.7. The van der Waals surface area contributed by atoms with Crippen molar-refractivity contribution in [2.24, 2.45) is 5.41 Å². The topological polar surface area (TPSA) is 97.5 Å². The first-order valence-electron chi connectivity index (χ1n) is 15.5. The molecule has 4 aromatic rings. The molecular weight excluding hydrogens is 593 g/mol. The third-order valence-electron chi connectivity index (χ3n) is 9.36. The molecule has 0 bridgehead atoms. The summed E-state index contributed by atoms with van der Waals surface area (Å²) < 4.78 is 15.6. The molecule has 2 aliphatic heterocycles. The molecule has 0 saturated carbocycles. The number of nitrogens with zero attached hydrogens (tertiary/aromatic N) is 7. The van der Waals surface area contributed by atoms with Gasteiger partial charge in [0.15, 0.2) is 5.13 Å². The van der Waals surface area contributed by atoms with Gasteiger partial charge in [-0.2, -0.15) is 0 Å². The van der Waals surface area contributed by atoms with Gasteiger partial charge in [-0.3, -0.25) is 14.1 Å². The zero-order chi connectivity index (χ0) is 32.1. The molecule has 2 aliphatic rings. The van der Waals surface area contributed by atoms with Crippen LogP contribution in [0.1, 0.15) is 46.2 Å². The molecule has 45 heavy (non-hydrogen) atoms. The molecule has 6 rings (SSSR count). The number of rotatable bonds is 6. The van der Waals surface area contributed by atoms with Crippen molar-refractivity contribution in [3.8, 4) is 11.3 Å². The lowest BCUT2D eigenvalue weighted by Crippen LogP contribution is -2.66. The van der Waals surface area contributed by atoms with Crippen LogP contribution in [-0.2, 0) is 11.2 Å². The molecule has 2 amide bonds. The fourth-order valence-corrected chi connectivity index (χ4v) is 7.74. The molecule has 1 aromatic carbocycles. The summed E-state index contributed by atoms with van der Waals surface area (Å²) in [4.78, 5) is 43.6. The number of amides is 2. The SMILES string of the molecule is CCc1nc2ccc(N3CCN(C(=O)C4(C(C)(C)C)CCCN4C(=O)O)CC3)cn2c1N(C)c1nc(-c2ccc(F)cc2)cs1. The van der Waals surface area contributed by atoms with Gasteiger partial charge >= 0.3 is 6.09 Å². The van der Waals surface area contributed by atoms with Gasteiger partial charge in [-0.05, 0) is 61.1 Å². The van der Waals surface area contributed by atoms with E-state index in [0.29, 0.717) is 45.6 Å². The highest BCUT2D eigenvalue weighted by atomic mass is 32.1. The third kappa shape index (κ3) is 5.28. The molecule has 1 N–H and O–H groups in total. The number of carboxylic acid groups (broad SMARTS) is 1. The number of carbonyl (C=O) groups excluding carboxylic acids is 1. The van der Waals surface area contributed by atoms with Crippen LogP contribution in [0.4, 0.5) is 25.8 Å². The lowest BCUT2D eigenvalue weighted by atomic mass is 9.70. The van der Waals surface area contributed by atoms with Crippen molar-refractivity contribution in [1.82, 2.24) is 24.2 Å². The number of hydrogen-bond donors (Lipinski definition) is 1. The van der Waals surface area contributed by atoms with Crippen LogP contribution in [-0.4, -0.2) is 86.6 Å². The Morgan fingerprint density at radius 3 is 2.40 bits per heavy atom. The van der Waals surface area contributed by atoms with Gasteiger partial charge in [0.1, 0.15) is 22.8 Å². The summed E-state index contributed by atoms with van der Waals surface area (Å²) in [5, 5.41) is 12.8. The number of hydrogen-bond acceptors (Lipinski definition) is 7. The number of anilines is 3. The molecule has 2 saturated heterocycles. The molecule has 0 spiro atoms. The number of piperazine rings is 1. The van der Waals surface area contributed by atoms with E-state index >= 15 is 0 Å². The summed E-state index contributed by atoms with van der Waals surface area (Å²) in [6.07, 6.45) is 3.04. The third-order valence-corrected chi connectivity index (χ3v) is 10.3. The van der Waals surface area contributed by atoms with Gasteiger partial charge in [-0.15, -0.1) is 11.3 Å². The van der Waals surface area contributed by atoms with Crippen LogP contribution in [0, 0.1) is 11.2 Å². The number of likely N-dealkylation sites (tertiary alicyclic amines) is 1. The summed E-state index contributed by atoms with van der Waals surface area (Å²) in [7, 11) is 1.99. The van der Waals surface area contributed by atoms with Crippen molar-refractivity contribution >= 4 is 45.6 Å². The van der Waals surface area contributed by atoms with Crippen molar-refractivity contribution in [2.45, 2.75) is 52.5 Å². The van der Waals surface area contributed by atoms with Gasteiger partial charge in [-0.1, -0.05) is 27.7 Å². The molecular formula is C33H40FN7O3S. The Balaban J connectivity index is 1.23. The van der Waals surface area contributed by atoms with E-state index in [1.54, 1.807) is 12.1 Å². The molecule has 2 fully saturated rings. The maximum atomic E-state index is 14.1. The van der Waals surface area contributed by atoms with Crippen LogP contribution in [0.25, 0.3) is 16.9 Å². The standard InChI is InChI=1S/C33H40FN7O3S/c1-6-25-28(37(5)30-36-26(21-45-30)22-8-10-23(34)11-9-22)40-20-24(12-13-27(40)35-25)38-16-18-39(19-17-38)29(42)33(32(2,3)4)14-7-15-41(33)31(43)44/h8-13,20-21H,6-7,14-19H2,1-5H3,(H,43,44). The first kappa shape index (κ1) is 30.8. The van der Waals surface area contributed by atoms with Crippen molar-refractivity contribution in [3.05, 3.63) is 59.5 Å². The minimum Gasteiger partial charge on any atom is -0.465 e. The lowest BCUT2D eigenvalue weighted by molar-refractivity contribution is -0.149. The van der Waals surface area contributed by atoms with Crippen LogP contribution in [0.2, 0.25) is 0 Å². The van der Waals surface area contributed by atoms with Crippen LogP contribution >= 0.6 is 11.3 Å². The van der Waals surface area contributed by atoms with Gasteiger partial charge in [0.25, 0.3) is 0 Å². The second kappa shape index (κ2) is 11.6. The first-order valence-corrected chi connectivity index (χ1v) is 16.3. The van der Waals surface area contributed by atoms with E-state index in [0.717, 1.165) is 45.7 Å². The molecule has 0 aliphatic carbocycles. The minimum absolute atomic E-state index is 0.0837. The van der Waals surface area contributed by atoms with Crippen LogP contribution in [0.3, 0.4) is 0 Å². The maximum absolute atomic E-state index is 14.1. The maximum Gasteiger partial charge on any atom is 0.408 e. The zero-order valence-corrected chi connectivity index (χ0v) is 27.3. The molecule has 1 atom stereocenters. The van der Waals surface area contributed by atoms with Gasteiger partial charge in [0, 0.05) is 56.9 Å². The van der Waals surface area contributed by atoms with Gasteiger partial charge < -0.3 is 19.8 Å². The largest absolute Gasteiger partial charge is 0.465 e.